The lowest BCUT2D eigenvalue weighted by Crippen LogP contribution is -2.29. The third kappa shape index (κ3) is 4.06. The fourth-order valence-electron chi connectivity index (χ4n) is 3.79. The van der Waals surface area contributed by atoms with Gasteiger partial charge in [0.05, 0.1) is 11.8 Å². The second-order valence-electron chi connectivity index (χ2n) is 7.83. The summed E-state index contributed by atoms with van der Waals surface area (Å²) in [7, 11) is 2.15. The van der Waals surface area contributed by atoms with Crippen molar-refractivity contribution in [2.24, 2.45) is 11.7 Å². The molecule has 0 aromatic heterocycles. The highest BCUT2D eigenvalue weighted by atomic mass is 16.5. The summed E-state index contributed by atoms with van der Waals surface area (Å²) in [6, 6.07) is 4.28. The molecule has 0 spiro atoms. The van der Waals surface area contributed by atoms with E-state index in [4.69, 9.17) is 10.5 Å². The summed E-state index contributed by atoms with van der Waals surface area (Å²) in [6.07, 6.45) is 8.36. The quantitative estimate of drug-likeness (QED) is 0.819. The SMILES string of the molecule is CN1Cc2c(C#CC3CC3)ccc(/C(N)=C/NCC3CCCCO3)c2C1. The molecule has 2 heterocycles. The molecule has 138 valence electrons. The average molecular weight is 351 g/mol. The highest BCUT2D eigenvalue weighted by Gasteiger charge is 2.23. The largest absolute Gasteiger partial charge is 0.397 e. The van der Waals surface area contributed by atoms with Crippen LogP contribution in [0.1, 0.15) is 54.4 Å². The van der Waals surface area contributed by atoms with Crippen molar-refractivity contribution in [3.8, 4) is 11.8 Å². The van der Waals surface area contributed by atoms with Gasteiger partial charge in [0.1, 0.15) is 0 Å². The van der Waals surface area contributed by atoms with Gasteiger partial charge in [0.25, 0.3) is 0 Å². The van der Waals surface area contributed by atoms with E-state index in [2.05, 4.69) is 41.2 Å². The highest BCUT2D eigenvalue weighted by Crippen LogP contribution is 2.31. The van der Waals surface area contributed by atoms with E-state index in [1.165, 1.54) is 42.4 Å². The van der Waals surface area contributed by atoms with Crippen molar-refractivity contribution in [1.82, 2.24) is 10.2 Å². The molecule has 3 aliphatic rings. The molecule has 1 aromatic rings. The van der Waals surface area contributed by atoms with Gasteiger partial charge in [0, 0.05) is 49.5 Å². The van der Waals surface area contributed by atoms with Gasteiger partial charge in [-0.05, 0) is 56.3 Å². The fourth-order valence-corrected chi connectivity index (χ4v) is 3.79. The maximum absolute atomic E-state index is 6.41. The molecule has 2 aliphatic heterocycles. The zero-order valence-electron chi connectivity index (χ0n) is 15.7. The van der Waals surface area contributed by atoms with E-state index in [1.54, 1.807) is 0 Å². The van der Waals surface area contributed by atoms with E-state index in [0.29, 0.717) is 12.0 Å². The molecule has 4 rings (SSSR count). The minimum absolute atomic E-state index is 0.310. The number of ether oxygens (including phenoxy) is 1. The van der Waals surface area contributed by atoms with E-state index in [1.807, 2.05) is 6.20 Å². The molecule has 1 unspecified atom stereocenters. The number of hydrogen-bond acceptors (Lipinski definition) is 4. The smallest absolute Gasteiger partial charge is 0.0747 e. The number of nitrogens with one attached hydrogen (secondary N) is 1. The summed E-state index contributed by atoms with van der Waals surface area (Å²) in [5, 5.41) is 3.37. The van der Waals surface area contributed by atoms with Crippen LogP contribution in [0.15, 0.2) is 18.3 Å². The first-order valence-corrected chi connectivity index (χ1v) is 9.86. The van der Waals surface area contributed by atoms with E-state index in [-0.39, 0.29) is 0 Å². The van der Waals surface area contributed by atoms with E-state index < -0.39 is 0 Å². The Morgan fingerprint density at radius 2 is 2.12 bits per heavy atom. The molecule has 3 N–H and O–H groups in total. The van der Waals surface area contributed by atoms with Gasteiger partial charge in [-0.25, -0.2) is 0 Å². The Labute approximate surface area is 156 Å². The van der Waals surface area contributed by atoms with Gasteiger partial charge < -0.3 is 15.8 Å². The summed E-state index contributed by atoms with van der Waals surface area (Å²) >= 11 is 0. The standard InChI is InChI=1S/C22H29N3O/c1-25-14-20-17(8-7-16-5-6-16)9-10-19(21(20)15-25)22(23)13-24-12-18-4-2-3-11-26-18/h9-10,13,16,18,24H,2-6,11-12,14-15,23H2,1H3/b22-13-. The van der Waals surface area contributed by atoms with Gasteiger partial charge in [0.2, 0.25) is 0 Å². The first-order chi connectivity index (χ1) is 12.7. The lowest BCUT2D eigenvalue weighted by Gasteiger charge is -2.22. The van der Waals surface area contributed by atoms with Gasteiger partial charge in [-0.15, -0.1) is 0 Å². The molecule has 0 bridgehead atoms. The number of benzene rings is 1. The molecule has 1 saturated carbocycles. The van der Waals surface area contributed by atoms with Crippen LogP contribution in [0.25, 0.3) is 5.70 Å². The third-order valence-corrected chi connectivity index (χ3v) is 5.46. The van der Waals surface area contributed by atoms with Gasteiger partial charge in [-0.1, -0.05) is 17.9 Å². The van der Waals surface area contributed by atoms with Crippen LogP contribution < -0.4 is 11.1 Å². The van der Waals surface area contributed by atoms with Crippen molar-refractivity contribution in [3.05, 3.63) is 40.6 Å². The number of nitrogens with two attached hydrogens (primary N) is 1. The van der Waals surface area contributed by atoms with Crippen LogP contribution in [-0.2, 0) is 17.8 Å². The Bertz CT molecular complexity index is 749. The maximum atomic E-state index is 6.41. The van der Waals surface area contributed by atoms with E-state index in [0.717, 1.165) is 43.9 Å². The second-order valence-corrected chi connectivity index (χ2v) is 7.83. The minimum atomic E-state index is 0.310. The third-order valence-electron chi connectivity index (χ3n) is 5.46. The summed E-state index contributed by atoms with van der Waals surface area (Å²) in [5.41, 5.74) is 12.2. The monoisotopic (exact) mass is 351 g/mol. The van der Waals surface area contributed by atoms with E-state index in [9.17, 15) is 0 Å². The van der Waals surface area contributed by atoms with Gasteiger partial charge in [-0.2, -0.15) is 0 Å². The number of rotatable bonds is 4. The van der Waals surface area contributed by atoms with Crippen LogP contribution in [-0.4, -0.2) is 31.2 Å². The zero-order valence-corrected chi connectivity index (χ0v) is 15.7. The van der Waals surface area contributed by atoms with Crippen molar-refractivity contribution in [2.45, 2.75) is 51.3 Å². The molecule has 4 nitrogen and oxygen atoms in total. The van der Waals surface area contributed by atoms with Gasteiger partial charge in [0.15, 0.2) is 0 Å². The van der Waals surface area contributed by atoms with Crippen LogP contribution in [0, 0.1) is 17.8 Å². The average Bonchev–Trinajstić information content (AvgIpc) is 3.39. The Balaban J connectivity index is 1.49. The molecule has 1 aliphatic carbocycles. The predicted octanol–water partition coefficient (Wildman–Crippen LogP) is 2.81. The summed E-state index contributed by atoms with van der Waals surface area (Å²) in [5.74, 6) is 7.43. The molecule has 2 fully saturated rings. The molecule has 1 aromatic carbocycles. The molecule has 0 amide bonds. The molecule has 0 radical (unpaired) electrons. The molecular formula is C22H29N3O. The fraction of sp³-hybridized carbons (Fsp3) is 0.545. The molecule has 26 heavy (non-hydrogen) atoms. The molecular weight excluding hydrogens is 322 g/mol. The number of hydrogen-bond donors (Lipinski definition) is 2. The molecule has 1 saturated heterocycles. The van der Waals surface area contributed by atoms with Crippen molar-refractivity contribution in [1.29, 1.82) is 0 Å². The Morgan fingerprint density at radius 1 is 1.27 bits per heavy atom. The minimum Gasteiger partial charge on any atom is -0.397 e. The van der Waals surface area contributed by atoms with Gasteiger partial charge >= 0.3 is 0 Å². The molecule has 1 atom stereocenters. The summed E-state index contributed by atoms with van der Waals surface area (Å²) in [4.78, 5) is 2.33. The second kappa shape index (κ2) is 7.73. The van der Waals surface area contributed by atoms with E-state index >= 15 is 0 Å². The molecule has 4 heteroatoms. The number of nitrogens with zero attached hydrogens (tertiary/aromatic N) is 1. The maximum Gasteiger partial charge on any atom is 0.0747 e. The van der Waals surface area contributed by atoms with Crippen molar-refractivity contribution >= 4 is 5.70 Å². The van der Waals surface area contributed by atoms with Crippen LogP contribution in [0.4, 0.5) is 0 Å². The van der Waals surface area contributed by atoms with Crippen LogP contribution in [0.2, 0.25) is 0 Å². The Kier molecular flexibility index (Phi) is 5.19. The predicted molar refractivity (Wildman–Crippen MR) is 105 cm³/mol. The van der Waals surface area contributed by atoms with Crippen LogP contribution in [0.5, 0.6) is 0 Å². The zero-order chi connectivity index (χ0) is 17.9. The summed E-state index contributed by atoms with van der Waals surface area (Å²) in [6.45, 7) is 3.60. The lowest BCUT2D eigenvalue weighted by atomic mass is 9.96. The number of fused-ring (bicyclic) bond motifs is 1. The highest BCUT2D eigenvalue weighted by molar-refractivity contribution is 5.69. The van der Waals surface area contributed by atoms with Crippen molar-refractivity contribution in [3.63, 3.8) is 0 Å². The van der Waals surface area contributed by atoms with Crippen molar-refractivity contribution < 1.29 is 4.74 Å². The van der Waals surface area contributed by atoms with Crippen molar-refractivity contribution in [2.75, 3.05) is 20.2 Å². The summed E-state index contributed by atoms with van der Waals surface area (Å²) < 4.78 is 5.77. The van der Waals surface area contributed by atoms with Gasteiger partial charge in [-0.3, -0.25) is 4.90 Å². The normalized spacial score (nSPS) is 23.3. The first-order valence-electron chi connectivity index (χ1n) is 9.86. The first kappa shape index (κ1) is 17.5. The lowest BCUT2D eigenvalue weighted by molar-refractivity contribution is 0.0188. The Morgan fingerprint density at radius 3 is 2.88 bits per heavy atom. The van der Waals surface area contributed by atoms with Crippen LogP contribution in [0.3, 0.4) is 0 Å². The van der Waals surface area contributed by atoms with Crippen LogP contribution >= 0.6 is 0 Å². The topological polar surface area (TPSA) is 50.5 Å². The Hall–Kier alpha value is -1.96.